The van der Waals surface area contributed by atoms with Gasteiger partial charge in [0.25, 0.3) is 0 Å². The lowest BCUT2D eigenvalue weighted by Crippen LogP contribution is -2.32. The second-order valence-electron chi connectivity index (χ2n) is 4.97. The highest BCUT2D eigenvalue weighted by molar-refractivity contribution is 5.97. The average molecular weight is 261 g/mol. The maximum atomic E-state index is 11.0. The van der Waals surface area contributed by atoms with Crippen LogP contribution in [-0.2, 0) is 18.3 Å². The van der Waals surface area contributed by atoms with E-state index in [4.69, 9.17) is 16.6 Å². The molecule has 0 aliphatic rings. The Morgan fingerprint density at radius 1 is 1.42 bits per heavy atom. The molecule has 1 unspecified atom stereocenters. The number of benzene rings is 1. The number of hydrogen-bond acceptors (Lipinski definition) is 3. The Morgan fingerprint density at radius 3 is 2.63 bits per heavy atom. The summed E-state index contributed by atoms with van der Waals surface area (Å²) in [6.07, 6.45) is 0.308. The zero-order chi connectivity index (χ0) is 14.3. The summed E-state index contributed by atoms with van der Waals surface area (Å²) in [6, 6.07) is 2.93. The summed E-state index contributed by atoms with van der Waals surface area (Å²) >= 11 is 0. The van der Waals surface area contributed by atoms with Gasteiger partial charge >= 0.3 is 5.97 Å². The van der Waals surface area contributed by atoms with Crippen LogP contribution in [-0.4, -0.2) is 21.7 Å². The Labute approximate surface area is 111 Å². The van der Waals surface area contributed by atoms with Crippen molar-refractivity contribution < 1.29 is 9.90 Å². The summed E-state index contributed by atoms with van der Waals surface area (Å²) in [7, 11) is 1.93. The van der Waals surface area contributed by atoms with Gasteiger partial charge < -0.3 is 21.1 Å². The third-order valence-corrected chi connectivity index (χ3v) is 3.74. The van der Waals surface area contributed by atoms with E-state index in [1.807, 2.05) is 37.6 Å². The quantitative estimate of drug-likeness (QED) is 0.726. The largest absolute Gasteiger partial charge is 0.480 e. The van der Waals surface area contributed by atoms with Crippen LogP contribution >= 0.6 is 0 Å². The molecule has 19 heavy (non-hydrogen) atoms. The number of aromatic nitrogens is 1. The van der Waals surface area contributed by atoms with E-state index in [2.05, 4.69) is 0 Å². The van der Waals surface area contributed by atoms with Crippen molar-refractivity contribution in [3.63, 3.8) is 0 Å². The summed E-state index contributed by atoms with van der Waals surface area (Å²) in [5, 5.41) is 10.0. The molecule has 0 saturated heterocycles. The molecule has 5 heteroatoms. The number of carboxylic acid groups (broad SMARTS) is 1. The smallest absolute Gasteiger partial charge is 0.320 e. The SMILES string of the molecule is Cc1ccc(N)c2c1c(CC(N)C(=O)O)c(C)n2C. The molecule has 1 atom stereocenters. The van der Waals surface area contributed by atoms with E-state index < -0.39 is 12.0 Å². The minimum Gasteiger partial charge on any atom is -0.480 e. The molecule has 2 aromatic rings. The van der Waals surface area contributed by atoms with Gasteiger partial charge in [-0.25, -0.2) is 0 Å². The van der Waals surface area contributed by atoms with Gasteiger partial charge in [0.1, 0.15) is 6.04 Å². The maximum absolute atomic E-state index is 11.0. The van der Waals surface area contributed by atoms with Crippen molar-refractivity contribution in [1.29, 1.82) is 0 Å². The van der Waals surface area contributed by atoms with Crippen LogP contribution in [0, 0.1) is 13.8 Å². The fraction of sp³-hybridized carbons (Fsp3) is 0.357. The molecule has 0 aliphatic carbocycles. The van der Waals surface area contributed by atoms with Crippen molar-refractivity contribution in [1.82, 2.24) is 4.57 Å². The summed E-state index contributed by atoms with van der Waals surface area (Å²) in [6.45, 7) is 3.96. The number of nitrogen functional groups attached to an aromatic ring is 1. The van der Waals surface area contributed by atoms with Gasteiger partial charge in [0.2, 0.25) is 0 Å². The number of nitrogens with two attached hydrogens (primary N) is 2. The van der Waals surface area contributed by atoms with Gasteiger partial charge in [-0.05, 0) is 31.0 Å². The van der Waals surface area contributed by atoms with Crippen molar-refractivity contribution >= 4 is 22.6 Å². The molecule has 1 aromatic carbocycles. The average Bonchev–Trinajstić information content (AvgIpc) is 2.60. The lowest BCUT2D eigenvalue weighted by atomic mass is 9.99. The molecule has 0 radical (unpaired) electrons. The normalized spacial score (nSPS) is 12.8. The van der Waals surface area contributed by atoms with Crippen LogP contribution in [0.15, 0.2) is 12.1 Å². The predicted molar refractivity (Wildman–Crippen MR) is 76.1 cm³/mol. The van der Waals surface area contributed by atoms with Crippen LogP contribution in [0.5, 0.6) is 0 Å². The summed E-state index contributed by atoms with van der Waals surface area (Å²) in [4.78, 5) is 11.0. The van der Waals surface area contributed by atoms with Crippen molar-refractivity contribution in [2.24, 2.45) is 12.8 Å². The van der Waals surface area contributed by atoms with Crippen molar-refractivity contribution in [2.45, 2.75) is 26.3 Å². The molecule has 0 bridgehead atoms. The molecule has 5 N–H and O–H groups in total. The summed E-state index contributed by atoms with van der Waals surface area (Å²) < 4.78 is 2.00. The first-order valence-corrected chi connectivity index (χ1v) is 6.16. The van der Waals surface area contributed by atoms with E-state index in [0.29, 0.717) is 12.1 Å². The molecule has 5 nitrogen and oxygen atoms in total. The second kappa shape index (κ2) is 4.59. The molecule has 0 saturated carbocycles. The predicted octanol–water partition coefficient (Wildman–Crippen LogP) is 1.33. The number of carboxylic acids is 1. The van der Waals surface area contributed by atoms with Gasteiger partial charge in [-0.15, -0.1) is 0 Å². The van der Waals surface area contributed by atoms with Gasteiger partial charge in [-0.1, -0.05) is 6.07 Å². The topological polar surface area (TPSA) is 94.3 Å². The molecule has 1 heterocycles. The Kier molecular flexibility index (Phi) is 3.24. The highest BCUT2D eigenvalue weighted by atomic mass is 16.4. The Hall–Kier alpha value is -2.01. The highest BCUT2D eigenvalue weighted by Gasteiger charge is 2.20. The van der Waals surface area contributed by atoms with Crippen LogP contribution in [0.4, 0.5) is 5.69 Å². The van der Waals surface area contributed by atoms with Gasteiger partial charge in [0, 0.05) is 24.5 Å². The Bertz CT molecular complexity index is 658. The number of aryl methyl sites for hydroxylation is 2. The van der Waals surface area contributed by atoms with Gasteiger partial charge in [0.15, 0.2) is 0 Å². The summed E-state index contributed by atoms with van der Waals surface area (Å²) in [5.41, 5.74) is 16.4. The first kappa shape index (κ1) is 13.4. The van der Waals surface area contributed by atoms with Crippen LogP contribution in [0.1, 0.15) is 16.8 Å². The van der Waals surface area contributed by atoms with Crippen LogP contribution in [0.25, 0.3) is 10.9 Å². The fourth-order valence-electron chi connectivity index (χ4n) is 2.56. The number of anilines is 1. The minimum absolute atomic E-state index is 0.308. The highest BCUT2D eigenvalue weighted by Crippen LogP contribution is 2.32. The molecular weight excluding hydrogens is 242 g/mol. The zero-order valence-corrected chi connectivity index (χ0v) is 11.4. The first-order chi connectivity index (χ1) is 8.84. The lowest BCUT2D eigenvalue weighted by Gasteiger charge is -2.08. The number of fused-ring (bicyclic) bond motifs is 1. The van der Waals surface area contributed by atoms with Gasteiger partial charge in [-0.3, -0.25) is 4.79 Å². The Morgan fingerprint density at radius 2 is 2.05 bits per heavy atom. The van der Waals surface area contributed by atoms with Crippen LogP contribution < -0.4 is 11.5 Å². The first-order valence-electron chi connectivity index (χ1n) is 6.16. The molecule has 1 aromatic heterocycles. The molecule has 102 valence electrons. The van der Waals surface area contributed by atoms with E-state index in [1.54, 1.807) is 0 Å². The fourth-order valence-corrected chi connectivity index (χ4v) is 2.56. The van der Waals surface area contributed by atoms with E-state index >= 15 is 0 Å². The van der Waals surface area contributed by atoms with Crippen LogP contribution in [0.3, 0.4) is 0 Å². The van der Waals surface area contributed by atoms with Crippen LogP contribution in [0.2, 0.25) is 0 Å². The zero-order valence-electron chi connectivity index (χ0n) is 11.4. The molecule has 0 spiro atoms. The van der Waals surface area contributed by atoms with E-state index in [9.17, 15) is 4.79 Å². The molecular formula is C14H19N3O2. The monoisotopic (exact) mass is 261 g/mol. The number of nitrogens with zero attached hydrogens (tertiary/aromatic N) is 1. The number of carbonyl (C=O) groups is 1. The van der Waals surface area contributed by atoms with Crippen molar-refractivity contribution in [3.05, 3.63) is 29.0 Å². The van der Waals surface area contributed by atoms with E-state index in [1.165, 1.54) is 0 Å². The third kappa shape index (κ3) is 2.06. The maximum Gasteiger partial charge on any atom is 0.320 e. The third-order valence-electron chi connectivity index (χ3n) is 3.74. The molecule has 0 aliphatic heterocycles. The number of hydrogen-bond donors (Lipinski definition) is 3. The Balaban J connectivity index is 2.70. The number of aliphatic carboxylic acids is 1. The van der Waals surface area contributed by atoms with Gasteiger partial charge in [0.05, 0.1) is 11.2 Å². The van der Waals surface area contributed by atoms with Gasteiger partial charge in [-0.2, -0.15) is 0 Å². The van der Waals surface area contributed by atoms with E-state index in [0.717, 1.165) is 27.7 Å². The molecule has 2 rings (SSSR count). The lowest BCUT2D eigenvalue weighted by molar-refractivity contribution is -0.138. The minimum atomic E-state index is -0.988. The van der Waals surface area contributed by atoms with Crippen molar-refractivity contribution in [2.75, 3.05) is 5.73 Å². The standard InChI is InChI=1S/C14H19N3O2/c1-7-4-5-10(15)13-12(7)9(8(2)17(13)3)6-11(16)14(18)19/h4-5,11H,6,15-16H2,1-3H3,(H,18,19). The molecule has 0 amide bonds. The number of rotatable bonds is 3. The van der Waals surface area contributed by atoms with E-state index in [-0.39, 0.29) is 0 Å². The molecule has 0 fully saturated rings. The second-order valence-corrected chi connectivity index (χ2v) is 4.97. The van der Waals surface area contributed by atoms with Crippen molar-refractivity contribution in [3.8, 4) is 0 Å². The summed E-state index contributed by atoms with van der Waals surface area (Å²) in [5.74, 6) is -0.988.